The molecule has 16 heavy (non-hydrogen) atoms. The number of nitrogen functional groups attached to an aromatic ring is 1. The average molecular weight is 213 g/mol. The molecule has 1 aromatic heterocycles. The Hall–Kier alpha value is -2.36. The van der Waals surface area contributed by atoms with Gasteiger partial charge < -0.3 is 10.8 Å². The van der Waals surface area contributed by atoms with Gasteiger partial charge in [0.1, 0.15) is 17.3 Å². The molecule has 0 spiro atoms. The lowest BCUT2D eigenvalue weighted by molar-refractivity contribution is 0.475. The van der Waals surface area contributed by atoms with E-state index in [2.05, 4.69) is 9.98 Å². The molecule has 2 rings (SSSR count). The lowest BCUT2D eigenvalue weighted by atomic mass is 10.2. The van der Waals surface area contributed by atoms with Crippen molar-refractivity contribution in [1.29, 1.82) is 0 Å². The molecule has 1 heterocycles. The zero-order valence-electron chi connectivity index (χ0n) is 8.54. The van der Waals surface area contributed by atoms with Gasteiger partial charge in [-0.3, -0.25) is 4.99 Å². The minimum absolute atomic E-state index is 0.234. The molecule has 0 fully saturated rings. The fraction of sp³-hybridized carbons (Fsp3) is 0. The molecule has 0 aliphatic rings. The Kier molecular flexibility index (Phi) is 2.82. The third-order valence-corrected chi connectivity index (χ3v) is 2.06. The standard InChI is InChI=1S/C12H11N3O/c13-12-11(2-1-7-14-12)15-8-9-3-5-10(16)6-4-9/h1-8,16H,(H2,13,14). The Morgan fingerprint density at radius 3 is 2.62 bits per heavy atom. The van der Waals surface area contributed by atoms with Gasteiger partial charge in [0.2, 0.25) is 0 Å². The number of rotatable bonds is 2. The van der Waals surface area contributed by atoms with Crippen molar-refractivity contribution in [2.24, 2.45) is 4.99 Å². The topological polar surface area (TPSA) is 71.5 Å². The first kappa shape index (κ1) is 10.2. The maximum Gasteiger partial charge on any atom is 0.149 e. The van der Waals surface area contributed by atoms with E-state index in [0.29, 0.717) is 11.5 Å². The Morgan fingerprint density at radius 2 is 1.94 bits per heavy atom. The second-order valence-corrected chi connectivity index (χ2v) is 3.26. The normalized spacial score (nSPS) is 10.8. The van der Waals surface area contributed by atoms with Crippen molar-refractivity contribution in [2.75, 3.05) is 5.73 Å². The fourth-order valence-electron chi connectivity index (χ4n) is 1.22. The number of phenolic OH excluding ortho intramolecular Hbond substituents is 1. The number of nitrogens with zero attached hydrogens (tertiary/aromatic N) is 2. The van der Waals surface area contributed by atoms with Crippen LogP contribution in [0, 0.1) is 0 Å². The Labute approximate surface area is 93.1 Å². The average Bonchev–Trinajstić information content (AvgIpc) is 2.30. The van der Waals surface area contributed by atoms with E-state index >= 15 is 0 Å². The predicted octanol–water partition coefficient (Wildman–Crippen LogP) is 2.12. The summed E-state index contributed by atoms with van der Waals surface area (Å²) in [6, 6.07) is 10.3. The smallest absolute Gasteiger partial charge is 0.149 e. The minimum atomic E-state index is 0.234. The quantitative estimate of drug-likeness (QED) is 0.750. The summed E-state index contributed by atoms with van der Waals surface area (Å²) in [7, 11) is 0. The first-order chi connectivity index (χ1) is 7.75. The van der Waals surface area contributed by atoms with Gasteiger partial charge >= 0.3 is 0 Å². The van der Waals surface area contributed by atoms with Crippen LogP contribution in [0.5, 0.6) is 5.75 Å². The molecule has 0 amide bonds. The molecule has 80 valence electrons. The van der Waals surface area contributed by atoms with Crippen molar-refractivity contribution in [3.05, 3.63) is 48.2 Å². The highest BCUT2D eigenvalue weighted by atomic mass is 16.3. The van der Waals surface area contributed by atoms with Gasteiger partial charge in [-0.25, -0.2) is 4.98 Å². The summed E-state index contributed by atoms with van der Waals surface area (Å²) in [5, 5.41) is 9.11. The Balaban J connectivity index is 2.21. The van der Waals surface area contributed by atoms with Crippen molar-refractivity contribution < 1.29 is 5.11 Å². The number of anilines is 1. The first-order valence-corrected chi connectivity index (χ1v) is 4.79. The number of aromatic nitrogens is 1. The number of pyridine rings is 1. The van der Waals surface area contributed by atoms with Gasteiger partial charge in [0.15, 0.2) is 0 Å². The van der Waals surface area contributed by atoms with Crippen molar-refractivity contribution >= 4 is 17.7 Å². The monoisotopic (exact) mass is 213 g/mol. The van der Waals surface area contributed by atoms with Crippen LogP contribution in [0.15, 0.2) is 47.6 Å². The highest BCUT2D eigenvalue weighted by Gasteiger charge is 1.94. The lowest BCUT2D eigenvalue weighted by Crippen LogP contribution is -1.89. The van der Waals surface area contributed by atoms with Gasteiger partial charge in [-0.2, -0.15) is 0 Å². The van der Waals surface area contributed by atoms with E-state index < -0.39 is 0 Å². The summed E-state index contributed by atoms with van der Waals surface area (Å²) in [5.41, 5.74) is 7.17. The number of benzene rings is 1. The Morgan fingerprint density at radius 1 is 1.19 bits per heavy atom. The summed E-state index contributed by atoms with van der Waals surface area (Å²) < 4.78 is 0. The third-order valence-electron chi connectivity index (χ3n) is 2.06. The van der Waals surface area contributed by atoms with E-state index in [1.54, 1.807) is 48.8 Å². The van der Waals surface area contributed by atoms with Crippen LogP contribution in [0.2, 0.25) is 0 Å². The number of hydrogen-bond donors (Lipinski definition) is 2. The largest absolute Gasteiger partial charge is 0.508 e. The summed E-state index contributed by atoms with van der Waals surface area (Å²) in [5.74, 6) is 0.635. The molecule has 0 aliphatic carbocycles. The van der Waals surface area contributed by atoms with E-state index in [9.17, 15) is 0 Å². The van der Waals surface area contributed by atoms with Gasteiger partial charge in [-0.05, 0) is 42.0 Å². The van der Waals surface area contributed by atoms with E-state index in [-0.39, 0.29) is 5.75 Å². The van der Waals surface area contributed by atoms with Crippen LogP contribution in [-0.2, 0) is 0 Å². The van der Waals surface area contributed by atoms with Crippen LogP contribution in [0.25, 0.3) is 0 Å². The molecular weight excluding hydrogens is 202 g/mol. The summed E-state index contributed by atoms with van der Waals surface area (Å²) in [6.07, 6.45) is 3.29. The second kappa shape index (κ2) is 4.44. The maximum absolute atomic E-state index is 9.11. The lowest BCUT2D eigenvalue weighted by Gasteiger charge is -1.97. The second-order valence-electron chi connectivity index (χ2n) is 3.26. The van der Waals surface area contributed by atoms with E-state index in [4.69, 9.17) is 10.8 Å². The van der Waals surface area contributed by atoms with Gasteiger partial charge in [0, 0.05) is 12.4 Å². The molecule has 0 unspecified atom stereocenters. The van der Waals surface area contributed by atoms with Gasteiger partial charge in [0.25, 0.3) is 0 Å². The van der Waals surface area contributed by atoms with Crippen LogP contribution < -0.4 is 5.73 Å². The van der Waals surface area contributed by atoms with Gasteiger partial charge in [-0.1, -0.05) is 0 Å². The molecule has 0 saturated carbocycles. The van der Waals surface area contributed by atoms with Crippen molar-refractivity contribution in [1.82, 2.24) is 4.98 Å². The molecule has 4 nitrogen and oxygen atoms in total. The minimum Gasteiger partial charge on any atom is -0.508 e. The van der Waals surface area contributed by atoms with Crippen molar-refractivity contribution in [3.63, 3.8) is 0 Å². The van der Waals surface area contributed by atoms with Crippen molar-refractivity contribution in [2.45, 2.75) is 0 Å². The Bertz CT molecular complexity index is 506. The van der Waals surface area contributed by atoms with E-state index in [1.807, 2.05) is 0 Å². The van der Waals surface area contributed by atoms with Gasteiger partial charge in [-0.15, -0.1) is 0 Å². The molecule has 0 saturated heterocycles. The zero-order chi connectivity index (χ0) is 11.4. The molecule has 3 N–H and O–H groups in total. The highest BCUT2D eigenvalue weighted by Crippen LogP contribution is 2.17. The van der Waals surface area contributed by atoms with Crippen LogP contribution in [0.4, 0.5) is 11.5 Å². The molecule has 0 atom stereocenters. The summed E-state index contributed by atoms with van der Waals surface area (Å²) in [6.45, 7) is 0. The number of aromatic hydroxyl groups is 1. The van der Waals surface area contributed by atoms with Crippen LogP contribution in [0.3, 0.4) is 0 Å². The van der Waals surface area contributed by atoms with Crippen LogP contribution in [-0.4, -0.2) is 16.3 Å². The van der Waals surface area contributed by atoms with E-state index in [1.165, 1.54) is 0 Å². The number of aliphatic imine (C=N–C) groups is 1. The van der Waals surface area contributed by atoms with Gasteiger partial charge in [0.05, 0.1) is 0 Å². The van der Waals surface area contributed by atoms with Crippen LogP contribution in [0.1, 0.15) is 5.56 Å². The SMILES string of the molecule is Nc1ncccc1N=Cc1ccc(O)cc1. The third kappa shape index (κ3) is 2.36. The van der Waals surface area contributed by atoms with Crippen molar-refractivity contribution in [3.8, 4) is 5.75 Å². The maximum atomic E-state index is 9.11. The van der Waals surface area contributed by atoms with E-state index in [0.717, 1.165) is 5.56 Å². The van der Waals surface area contributed by atoms with Crippen LogP contribution >= 0.6 is 0 Å². The highest BCUT2D eigenvalue weighted by molar-refractivity contribution is 5.83. The zero-order valence-corrected chi connectivity index (χ0v) is 8.54. The number of hydrogen-bond acceptors (Lipinski definition) is 4. The molecule has 2 aromatic rings. The number of phenols is 1. The molecule has 4 heteroatoms. The summed E-state index contributed by atoms with van der Waals surface area (Å²) in [4.78, 5) is 8.14. The fourth-order valence-corrected chi connectivity index (χ4v) is 1.22. The first-order valence-electron chi connectivity index (χ1n) is 4.79. The number of nitrogens with two attached hydrogens (primary N) is 1. The molecular formula is C12H11N3O. The molecule has 0 bridgehead atoms. The molecule has 1 aromatic carbocycles. The predicted molar refractivity (Wildman–Crippen MR) is 64.0 cm³/mol. The summed E-state index contributed by atoms with van der Waals surface area (Å²) >= 11 is 0. The molecule has 0 aliphatic heterocycles. The molecule has 0 radical (unpaired) electrons.